The monoisotopic (exact) mass is 216 g/mol. The van der Waals surface area contributed by atoms with Crippen LogP contribution in [-0.4, -0.2) is 64.6 Å². The summed E-state index contributed by atoms with van der Waals surface area (Å²) >= 11 is 0. The summed E-state index contributed by atoms with van der Waals surface area (Å²) in [7, 11) is 5.83. The van der Waals surface area contributed by atoms with Crippen molar-refractivity contribution in [3.63, 3.8) is 0 Å². The number of methoxy groups -OCH3 is 1. The van der Waals surface area contributed by atoms with E-state index in [4.69, 9.17) is 9.47 Å². The highest BCUT2D eigenvalue weighted by Crippen LogP contribution is 2.14. The van der Waals surface area contributed by atoms with E-state index in [-0.39, 0.29) is 6.10 Å². The van der Waals surface area contributed by atoms with Crippen molar-refractivity contribution < 1.29 is 9.47 Å². The molecular weight excluding hydrogens is 192 g/mol. The molecule has 0 aromatic heterocycles. The van der Waals surface area contributed by atoms with Crippen LogP contribution in [0.25, 0.3) is 0 Å². The number of likely N-dealkylation sites (tertiary alicyclic amines) is 1. The van der Waals surface area contributed by atoms with E-state index in [1.807, 2.05) is 7.05 Å². The highest BCUT2D eigenvalue weighted by atomic mass is 16.5. The van der Waals surface area contributed by atoms with E-state index in [1.54, 1.807) is 7.11 Å². The lowest BCUT2D eigenvalue weighted by Crippen LogP contribution is -2.39. The van der Waals surface area contributed by atoms with Crippen molar-refractivity contribution in [2.24, 2.45) is 0 Å². The van der Waals surface area contributed by atoms with Crippen molar-refractivity contribution in [2.45, 2.75) is 25.0 Å². The Kier molecular flexibility index (Phi) is 6.17. The summed E-state index contributed by atoms with van der Waals surface area (Å²) in [5, 5.41) is 3.14. The number of hydrogen-bond donors (Lipinski definition) is 1. The van der Waals surface area contributed by atoms with Crippen LogP contribution >= 0.6 is 0 Å². The lowest BCUT2D eigenvalue weighted by molar-refractivity contribution is -0.0653. The Balaban J connectivity index is 2.24. The molecule has 0 bridgehead atoms. The quantitative estimate of drug-likeness (QED) is 0.694. The SMILES string of the molecule is CNCC(COC)OC1CCN(C)CC1. The van der Waals surface area contributed by atoms with Crippen LogP contribution in [0.5, 0.6) is 0 Å². The summed E-state index contributed by atoms with van der Waals surface area (Å²) < 4.78 is 11.2. The fourth-order valence-corrected chi connectivity index (χ4v) is 1.95. The molecule has 0 spiro atoms. The van der Waals surface area contributed by atoms with Gasteiger partial charge in [0.15, 0.2) is 0 Å². The van der Waals surface area contributed by atoms with Crippen LogP contribution in [0.4, 0.5) is 0 Å². The molecule has 1 atom stereocenters. The maximum absolute atomic E-state index is 6.01. The van der Waals surface area contributed by atoms with Crippen molar-refractivity contribution in [2.75, 3.05) is 47.4 Å². The molecule has 0 aliphatic carbocycles. The highest BCUT2D eigenvalue weighted by molar-refractivity contribution is 4.72. The first-order chi connectivity index (χ1) is 7.26. The summed E-state index contributed by atoms with van der Waals surface area (Å²) in [4.78, 5) is 2.35. The molecule has 1 saturated heterocycles. The zero-order valence-corrected chi connectivity index (χ0v) is 10.2. The predicted octanol–water partition coefficient (Wildman–Crippen LogP) is 0.332. The average Bonchev–Trinajstić information content (AvgIpc) is 2.22. The second-order valence-corrected chi connectivity index (χ2v) is 4.27. The molecule has 1 aliphatic heterocycles. The van der Waals surface area contributed by atoms with Gasteiger partial charge in [-0.1, -0.05) is 0 Å². The Morgan fingerprint density at radius 1 is 1.40 bits per heavy atom. The van der Waals surface area contributed by atoms with E-state index >= 15 is 0 Å². The van der Waals surface area contributed by atoms with Gasteiger partial charge in [-0.05, 0) is 26.9 Å². The van der Waals surface area contributed by atoms with E-state index in [2.05, 4.69) is 17.3 Å². The number of rotatable bonds is 6. The van der Waals surface area contributed by atoms with E-state index in [0.717, 1.165) is 32.5 Å². The van der Waals surface area contributed by atoms with Crippen molar-refractivity contribution in [1.82, 2.24) is 10.2 Å². The largest absolute Gasteiger partial charge is 0.382 e. The van der Waals surface area contributed by atoms with Gasteiger partial charge in [-0.3, -0.25) is 0 Å². The third-order valence-corrected chi connectivity index (χ3v) is 2.83. The molecule has 1 aliphatic rings. The smallest absolute Gasteiger partial charge is 0.0935 e. The standard InChI is InChI=1S/C11H24N2O2/c1-12-8-11(9-14-3)15-10-4-6-13(2)7-5-10/h10-12H,4-9H2,1-3H3. The van der Waals surface area contributed by atoms with E-state index in [9.17, 15) is 0 Å². The summed E-state index contributed by atoms with van der Waals surface area (Å²) in [6.07, 6.45) is 2.88. The molecule has 0 radical (unpaired) electrons. The van der Waals surface area contributed by atoms with Gasteiger partial charge in [-0.15, -0.1) is 0 Å². The summed E-state index contributed by atoms with van der Waals surface area (Å²) in [6, 6.07) is 0. The molecule has 1 N–H and O–H groups in total. The van der Waals surface area contributed by atoms with Crippen LogP contribution in [0.1, 0.15) is 12.8 Å². The minimum atomic E-state index is 0.188. The Morgan fingerprint density at radius 3 is 2.60 bits per heavy atom. The Labute approximate surface area is 92.9 Å². The Hall–Kier alpha value is -0.160. The number of nitrogens with one attached hydrogen (secondary N) is 1. The van der Waals surface area contributed by atoms with Crippen LogP contribution in [0, 0.1) is 0 Å². The van der Waals surface area contributed by atoms with Crippen molar-refractivity contribution in [3.8, 4) is 0 Å². The fourth-order valence-electron chi connectivity index (χ4n) is 1.95. The maximum Gasteiger partial charge on any atom is 0.0935 e. The average molecular weight is 216 g/mol. The maximum atomic E-state index is 6.01. The topological polar surface area (TPSA) is 33.7 Å². The molecule has 4 heteroatoms. The first-order valence-electron chi connectivity index (χ1n) is 5.73. The van der Waals surface area contributed by atoms with Crippen LogP contribution in [-0.2, 0) is 9.47 Å². The number of nitrogens with zero attached hydrogens (tertiary/aromatic N) is 1. The van der Waals surface area contributed by atoms with Crippen molar-refractivity contribution in [1.29, 1.82) is 0 Å². The fraction of sp³-hybridized carbons (Fsp3) is 1.00. The van der Waals surface area contributed by atoms with Gasteiger partial charge in [0, 0.05) is 26.7 Å². The second-order valence-electron chi connectivity index (χ2n) is 4.27. The zero-order valence-electron chi connectivity index (χ0n) is 10.2. The van der Waals surface area contributed by atoms with E-state index < -0.39 is 0 Å². The minimum absolute atomic E-state index is 0.188. The van der Waals surface area contributed by atoms with E-state index in [0.29, 0.717) is 12.7 Å². The number of hydrogen-bond acceptors (Lipinski definition) is 4. The summed E-state index contributed by atoms with van der Waals surface area (Å²) in [5.74, 6) is 0. The number of likely N-dealkylation sites (N-methyl/N-ethyl adjacent to an activating group) is 1. The van der Waals surface area contributed by atoms with Gasteiger partial charge in [-0.2, -0.15) is 0 Å². The third-order valence-electron chi connectivity index (χ3n) is 2.83. The van der Waals surface area contributed by atoms with Crippen LogP contribution in [0.15, 0.2) is 0 Å². The lowest BCUT2D eigenvalue weighted by atomic mass is 10.1. The normalized spacial score (nSPS) is 21.8. The van der Waals surface area contributed by atoms with Crippen LogP contribution in [0.2, 0.25) is 0 Å². The molecule has 15 heavy (non-hydrogen) atoms. The number of piperidine rings is 1. The Bertz CT molecular complexity index is 153. The number of ether oxygens (including phenoxy) is 2. The summed E-state index contributed by atoms with van der Waals surface area (Å²) in [6.45, 7) is 3.82. The first-order valence-corrected chi connectivity index (χ1v) is 5.73. The van der Waals surface area contributed by atoms with Gasteiger partial charge >= 0.3 is 0 Å². The molecule has 1 rings (SSSR count). The van der Waals surface area contributed by atoms with Crippen molar-refractivity contribution in [3.05, 3.63) is 0 Å². The highest BCUT2D eigenvalue weighted by Gasteiger charge is 2.20. The molecule has 1 fully saturated rings. The second kappa shape index (κ2) is 7.17. The summed E-state index contributed by atoms with van der Waals surface area (Å²) in [5.41, 5.74) is 0. The third kappa shape index (κ3) is 4.93. The van der Waals surface area contributed by atoms with E-state index in [1.165, 1.54) is 0 Å². The Morgan fingerprint density at radius 2 is 2.07 bits per heavy atom. The molecule has 0 aromatic rings. The van der Waals surface area contributed by atoms with Gasteiger partial charge in [0.1, 0.15) is 0 Å². The minimum Gasteiger partial charge on any atom is -0.382 e. The molecule has 0 aromatic carbocycles. The van der Waals surface area contributed by atoms with Gasteiger partial charge in [0.2, 0.25) is 0 Å². The molecule has 0 amide bonds. The predicted molar refractivity (Wildman–Crippen MR) is 61.2 cm³/mol. The van der Waals surface area contributed by atoms with Crippen LogP contribution in [0.3, 0.4) is 0 Å². The first kappa shape index (κ1) is 12.9. The molecule has 90 valence electrons. The molecule has 4 nitrogen and oxygen atoms in total. The molecule has 0 saturated carbocycles. The lowest BCUT2D eigenvalue weighted by Gasteiger charge is -2.31. The van der Waals surface area contributed by atoms with Gasteiger partial charge in [0.05, 0.1) is 18.8 Å². The molecular formula is C11H24N2O2. The van der Waals surface area contributed by atoms with Gasteiger partial charge in [0.25, 0.3) is 0 Å². The molecule has 1 unspecified atom stereocenters. The zero-order chi connectivity index (χ0) is 11.1. The van der Waals surface area contributed by atoms with Gasteiger partial charge < -0.3 is 19.7 Å². The van der Waals surface area contributed by atoms with Gasteiger partial charge in [-0.25, -0.2) is 0 Å². The van der Waals surface area contributed by atoms with Crippen molar-refractivity contribution >= 4 is 0 Å². The molecule has 1 heterocycles. The van der Waals surface area contributed by atoms with Crippen LogP contribution < -0.4 is 5.32 Å².